The van der Waals surface area contributed by atoms with Crippen molar-refractivity contribution in [1.29, 1.82) is 0 Å². The molecule has 1 unspecified atom stereocenters. The number of urea groups is 1. The van der Waals surface area contributed by atoms with Gasteiger partial charge >= 0.3 is 6.03 Å². The molecule has 1 aliphatic heterocycles. The average Bonchev–Trinajstić information content (AvgIpc) is 2.59. The smallest absolute Gasteiger partial charge is 0.315 e. The fraction of sp³-hybridized carbons (Fsp3) is 0.632. The SMILES string of the molecule is CN(C)Cc1ccccc1CNC(=O)NCC(O)CN1CCCCC1. The first-order valence-corrected chi connectivity index (χ1v) is 9.18. The molecule has 1 atom stereocenters. The third-order valence-corrected chi connectivity index (χ3v) is 4.46. The zero-order chi connectivity index (χ0) is 18.1. The fourth-order valence-corrected chi connectivity index (χ4v) is 3.18. The number of aliphatic hydroxyl groups is 1. The number of benzene rings is 1. The minimum Gasteiger partial charge on any atom is -0.390 e. The summed E-state index contributed by atoms with van der Waals surface area (Å²) in [4.78, 5) is 16.4. The van der Waals surface area contributed by atoms with E-state index >= 15 is 0 Å². The number of nitrogens with one attached hydrogen (secondary N) is 2. The van der Waals surface area contributed by atoms with Gasteiger partial charge in [-0.25, -0.2) is 4.79 Å². The highest BCUT2D eigenvalue weighted by molar-refractivity contribution is 5.73. The van der Waals surface area contributed by atoms with E-state index in [-0.39, 0.29) is 12.6 Å². The molecule has 6 heteroatoms. The van der Waals surface area contributed by atoms with E-state index in [1.54, 1.807) is 0 Å². The lowest BCUT2D eigenvalue weighted by Gasteiger charge is -2.28. The molecule has 140 valence electrons. The normalized spacial score (nSPS) is 16.6. The average molecular weight is 348 g/mol. The van der Waals surface area contributed by atoms with E-state index in [9.17, 15) is 9.90 Å². The second-order valence-corrected chi connectivity index (χ2v) is 7.09. The van der Waals surface area contributed by atoms with Gasteiger partial charge in [0, 0.05) is 26.2 Å². The number of carbonyl (C=O) groups excluding carboxylic acids is 1. The first-order chi connectivity index (χ1) is 12.0. The van der Waals surface area contributed by atoms with Crippen molar-refractivity contribution in [1.82, 2.24) is 20.4 Å². The fourth-order valence-electron chi connectivity index (χ4n) is 3.18. The van der Waals surface area contributed by atoms with Gasteiger partial charge in [-0.1, -0.05) is 30.7 Å². The van der Waals surface area contributed by atoms with Gasteiger partial charge in [-0.3, -0.25) is 0 Å². The first-order valence-electron chi connectivity index (χ1n) is 9.18. The van der Waals surface area contributed by atoms with Crippen LogP contribution in [0.1, 0.15) is 30.4 Å². The molecule has 1 aliphatic rings. The van der Waals surface area contributed by atoms with Gasteiger partial charge in [0.15, 0.2) is 0 Å². The van der Waals surface area contributed by atoms with E-state index in [0.717, 1.165) is 25.2 Å². The summed E-state index contributed by atoms with van der Waals surface area (Å²) in [6.45, 7) is 4.33. The van der Waals surface area contributed by atoms with Crippen LogP contribution in [0.5, 0.6) is 0 Å². The molecule has 6 nitrogen and oxygen atoms in total. The van der Waals surface area contributed by atoms with Crippen LogP contribution in [0.4, 0.5) is 4.79 Å². The first kappa shape index (κ1) is 19.7. The van der Waals surface area contributed by atoms with Crippen LogP contribution in [0.15, 0.2) is 24.3 Å². The van der Waals surface area contributed by atoms with Crippen molar-refractivity contribution in [3.8, 4) is 0 Å². The number of aliphatic hydroxyl groups excluding tert-OH is 1. The predicted octanol–water partition coefficient (Wildman–Crippen LogP) is 1.39. The van der Waals surface area contributed by atoms with Crippen LogP contribution >= 0.6 is 0 Å². The van der Waals surface area contributed by atoms with Crippen molar-refractivity contribution in [2.45, 2.75) is 38.5 Å². The Balaban J connectivity index is 1.70. The van der Waals surface area contributed by atoms with Gasteiger partial charge in [0.2, 0.25) is 0 Å². The molecule has 0 aromatic heterocycles. The number of hydrogen-bond acceptors (Lipinski definition) is 4. The molecule has 2 rings (SSSR count). The largest absolute Gasteiger partial charge is 0.390 e. The van der Waals surface area contributed by atoms with E-state index in [2.05, 4.69) is 26.5 Å². The molecule has 0 aliphatic carbocycles. The molecular weight excluding hydrogens is 316 g/mol. The van der Waals surface area contributed by atoms with Crippen LogP contribution in [0.25, 0.3) is 0 Å². The van der Waals surface area contributed by atoms with Gasteiger partial charge in [-0.2, -0.15) is 0 Å². The molecule has 0 radical (unpaired) electrons. The zero-order valence-corrected chi connectivity index (χ0v) is 15.5. The van der Waals surface area contributed by atoms with E-state index in [0.29, 0.717) is 13.1 Å². The van der Waals surface area contributed by atoms with Gasteiger partial charge in [-0.15, -0.1) is 0 Å². The van der Waals surface area contributed by atoms with Crippen molar-refractivity contribution in [3.63, 3.8) is 0 Å². The molecular formula is C19H32N4O2. The number of amides is 2. The monoisotopic (exact) mass is 348 g/mol. The molecule has 1 saturated heterocycles. The minimum absolute atomic E-state index is 0.239. The van der Waals surface area contributed by atoms with Gasteiger partial charge in [0.25, 0.3) is 0 Å². The van der Waals surface area contributed by atoms with E-state index in [1.807, 2.05) is 32.3 Å². The Labute approximate surface area is 151 Å². The maximum absolute atomic E-state index is 12.0. The lowest BCUT2D eigenvalue weighted by molar-refractivity contribution is 0.101. The molecule has 0 spiro atoms. The summed E-state index contributed by atoms with van der Waals surface area (Å²) in [7, 11) is 4.06. The molecule has 0 bridgehead atoms. The van der Waals surface area contributed by atoms with E-state index in [1.165, 1.54) is 24.8 Å². The minimum atomic E-state index is -0.523. The second-order valence-electron chi connectivity index (χ2n) is 7.09. The van der Waals surface area contributed by atoms with E-state index in [4.69, 9.17) is 0 Å². The van der Waals surface area contributed by atoms with Gasteiger partial charge in [0.05, 0.1) is 6.10 Å². The van der Waals surface area contributed by atoms with Crippen molar-refractivity contribution in [2.24, 2.45) is 0 Å². The topological polar surface area (TPSA) is 67.8 Å². The second kappa shape index (κ2) is 10.4. The molecule has 0 saturated carbocycles. The summed E-state index contributed by atoms with van der Waals surface area (Å²) in [6, 6.07) is 7.87. The van der Waals surface area contributed by atoms with Crippen LogP contribution in [-0.2, 0) is 13.1 Å². The number of carbonyl (C=O) groups is 1. The number of piperidine rings is 1. The molecule has 1 aromatic rings. The van der Waals surface area contributed by atoms with Crippen molar-refractivity contribution in [2.75, 3.05) is 40.3 Å². The van der Waals surface area contributed by atoms with Crippen LogP contribution in [0.2, 0.25) is 0 Å². The van der Waals surface area contributed by atoms with Gasteiger partial charge in [0.1, 0.15) is 0 Å². The standard InChI is InChI=1S/C19H32N4O2/c1-22(2)14-17-9-5-4-8-16(17)12-20-19(25)21-13-18(24)15-23-10-6-3-7-11-23/h4-5,8-9,18,24H,3,6-7,10-15H2,1-2H3,(H2,20,21,25). The predicted molar refractivity (Wildman–Crippen MR) is 100 cm³/mol. The summed E-state index contributed by atoms with van der Waals surface area (Å²) in [5.41, 5.74) is 2.32. The van der Waals surface area contributed by atoms with E-state index < -0.39 is 6.10 Å². The highest BCUT2D eigenvalue weighted by Crippen LogP contribution is 2.10. The molecule has 1 fully saturated rings. The lowest BCUT2D eigenvalue weighted by Crippen LogP contribution is -2.44. The summed E-state index contributed by atoms with van der Waals surface area (Å²) in [6.07, 6.45) is 3.16. The van der Waals surface area contributed by atoms with Crippen molar-refractivity contribution < 1.29 is 9.90 Å². The molecule has 1 aromatic carbocycles. The molecule has 1 heterocycles. The van der Waals surface area contributed by atoms with Crippen LogP contribution in [0, 0.1) is 0 Å². The molecule has 3 N–H and O–H groups in total. The molecule has 2 amide bonds. The summed E-state index contributed by atoms with van der Waals surface area (Å²) in [5, 5.41) is 15.7. The Morgan fingerprint density at radius 2 is 1.84 bits per heavy atom. The Morgan fingerprint density at radius 1 is 1.16 bits per heavy atom. The highest BCUT2D eigenvalue weighted by Gasteiger charge is 2.15. The third-order valence-electron chi connectivity index (χ3n) is 4.46. The number of β-amino-alcohol motifs (C(OH)–C–C–N with tert-alkyl or cyclic N) is 1. The lowest BCUT2D eigenvalue weighted by atomic mass is 10.1. The Morgan fingerprint density at radius 3 is 2.52 bits per heavy atom. The zero-order valence-electron chi connectivity index (χ0n) is 15.5. The summed E-state index contributed by atoms with van der Waals surface area (Å²) in [5.74, 6) is 0. The number of likely N-dealkylation sites (tertiary alicyclic amines) is 1. The van der Waals surface area contributed by atoms with Crippen LogP contribution < -0.4 is 10.6 Å². The number of hydrogen-bond donors (Lipinski definition) is 3. The maximum Gasteiger partial charge on any atom is 0.315 e. The number of nitrogens with zero attached hydrogens (tertiary/aromatic N) is 2. The quantitative estimate of drug-likeness (QED) is 0.664. The Kier molecular flexibility index (Phi) is 8.18. The summed E-state index contributed by atoms with van der Waals surface area (Å²) >= 11 is 0. The van der Waals surface area contributed by atoms with Crippen LogP contribution in [-0.4, -0.2) is 67.3 Å². The Hall–Kier alpha value is -1.63. The Bertz CT molecular complexity index is 530. The molecule has 25 heavy (non-hydrogen) atoms. The third kappa shape index (κ3) is 7.42. The van der Waals surface area contributed by atoms with Crippen LogP contribution in [0.3, 0.4) is 0 Å². The van der Waals surface area contributed by atoms with Gasteiger partial charge < -0.3 is 25.5 Å². The van der Waals surface area contributed by atoms with Crippen molar-refractivity contribution >= 4 is 6.03 Å². The summed E-state index contributed by atoms with van der Waals surface area (Å²) < 4.78 is 0. The van der Waals surface area contributed by atoms with Crippen molar-refractivity contribution in [3.05, 3.63) is 35.4 Å². The van der Waals surface area contributed by atoms with Gasteiger partial charge in [-0.05, 0) is 51.2 Å². The maximum atomic E-state index is 12.0. The number of rotatable bonds is 8. The highest BCUT2D eigenvalue weighted by atomic mass is 16.3.